The highest BCUT2D eigenvalue weighted by Crippen LogP contribution is 2.34. The quantitative estimate of drug-likeness (QED) is 0.315. The highest BCUT2D eigenvalue weighted by Gasteiger charge is 2.33. The van der Waals surface area contributed by atoms with E-state index in [4.69, 9.17) is 9.47 Å². The molecule has 1 unspecified atom stereocenters. The first kappa shape index (κ1) is 26.8. The molecule has 4 aromatic rings. The maximum atomic E-state index is 13.6. The van der Waals surface area contributed by atoms with E-state index in [1.165, 1.54) is 4.31 Å². The van der Waals surface area contributed by atoms with Crippen LogP contribution < -0.4 is 4.74 Å². The van der Waals surface area contributed by atoms with Crippen LogP contribution in [-0.4, -0.2) is 52.8 Å². The number of benzene rings is 2. The molecule has 0 N–H and O–H groups in total. The second-order valence-electron chi connectivity index (χ2n) is 9.89. The van der Waals surface area contributed by atoms with E-state index < -0.39 is 10.0 Å². The summed E-state index contributed by atoms with van der Waals surface area (Å²) >= 11 is 0. The second kappa shape index (κ2) is 10.8. The minimum absolute atomic E-state index is 0.135. The largest absolute Gasteiger partial charge is 0.488 e. The predicted octanol–water partition coefficient (Wildman–Crippen LogP) is 4.40. The van der Waals surface area contributed by atoms with E-state index in [-0.39, 0.29) is 42.4 Å². The number of nitrogens with zero attached hydrogens (tertiary/aromatic N) is 4. The van der Waals surface area contributed by atoms with Crippen molar-refractivity contribution in [3.8, 4) is 5.75 Å². The number of ether oxygens (including phenoxy) is 2. The van der Waals surface area contributed by atoms with Gasteiger partial charge in [-0.15, -0.1) is 5.10 Å². The third-order valence-corrected chi connectivity index (χ3v) is 8.92. The smallest absolute Gasteiger partial charge is 0.306 e. The molecule has 10 heteroatoms. The number of carbonyl (C=O) groups excluding carboxylic acids is 1. The molecule has 2 aromatic heterocycles. The number of sulfonamides is 1. The van der Waals surface area contributed by atoms with Gasteiger partial charge in [-0.25, -0.2) is 12.9 Å². The first-order chi connectivity index (χ1) is 18.7. The van der Waals surface area contributed by atoms with Gasteiger partial charge in [0, 0.05) is 18.7 Å². The average molecular weight is 549 g/mol. The summed E-state index contributed by atoms with van der Waals surface area (Å²) in [6.45, 7) is 8.19. The standard InChI is InChI=1S/C29H32N4O5S/c1-5-37-29(34)15-25(23-12-13-26-21(4)30-31-33(26)18-23)22-11-10-19(2)24(14-22)17-32-16-20(3)38-27-8-6-7-9-28(27)39(32,35)36/h6-14,18,20,25H,5,15-17H2,1-4H3/t20-,25?/m1/s1. The Hall–Kier alpha value is -3.76. The third kappa shape index (κ3) is 5.39. The van der Waals surface area contributed by atoms with Gasteiger partial charge >= 0.3 is 5.97 Å². The minimum Gasteiger partial charge on any atom is -0.488 e. The number of para-hydroxylation sites is 1. The Morgan fingerprint density at radius 1 is 1.13 bits per heavy atom. The second-order valence-corrected chi connectivity index (χ2v) is 11.8. The molecular weight excluding hydrogens is 516 g/mol. The number of esters is 1. The van der Waals surface area contributed by atoms with Crippen LogP contribution in [0.1, 0.15) is 54.1 Å². The minimum atomic E-state index is -3.79. The van der Waals surface area contributed by atoms with E-state index in [1.807, 2.05) is 57.3 Å². The number of fused-ring (bicyclic) bond motifs is 2. The maximum Gasteiger partial charge on any atom is 0.306 e. The number of carbonyl (C=O) groups is 1. The van der Waals surface area contributed by atoms with Gasteiger partial charge in [0.2, 0.25) is 10.0 Å². The number of pyridine rings is 1. The molecule has 0 spiro atoms. The number of rotatable bonds is 7. The molecular formula is C29H32N4O5S. The monoisotopic (exact) mass is 548 g/mol. The van der Waals surface area contributed by atoms with Gasteiger partial charge in [0.15, 0.2) is 0 Å². The molecule has 5 rings (SSSR count). The lowest BCUT2D eigenvalue weighted by atomic mass is 9.87. The molecule has 0 amide bonds. The normalized spacial score (nSPS) is 17.7. The first-order valence-electron chi connectivity index (χ1n) is 13.0. The van der Waals surface area contributed by atoms with Crippen LogP contribution in [0.2, 0.25) is 0 Å². The first-order valence-corrected chi connectivity index (χ1v) is 14.4. The molecule has 3 heterocycles. The third-order valence-electron chi connectivity index (χ3n) is 7.07. The lowest BCUT2D eigenvalue weighted by Gasteiger charge is -2.24. The topological polar surface area (TPSA) is 103 Å². The fourth-order valence-corrected chi connectivity index (χ4v) is 6.62. The van der Waals surface area contributed by atoms with Gasteiger partial charge in [0.25, 0.3) is 0 Å². The van der Waals surface area contributed by atoms with Crippen molar-refractivity contribution < 1.29 is 22.7 Å². The molecule has 2 aromatic carbocycles. The van der Waals surface area contributed by atoms with E-state index in [0.29, 0.717) is 12.4 Å². The van der Waals surface area contributed by atoms with Crippen molar-refractivity contribution >= 4 is 21.5 Å². The number of aryl methyl sites for hydroxylation is 2. The lowest BCUT2D eigenvalue weighted by molar-refractivity contribution is -0.143. The predicted molar refractivity (Wildman–Crippen MR) is 146 cm³/mol. The Balaban J connectivity index is 1.53. The summed E-state index contributed by atoms with van der Waals surface area (Å²) in [5.74, 6) is -0.260. The van der Waals surface area contributed by atoms with Crippen LogP contribution in [0.25, 0.3) is 5.52 Å². The van der Waals surface area contributed by atoms with E-state index in [9.17, 15) is 13.2 Å². The maximum absolute atomic E-state index is 13.6. The van der Waals surface area contributed by atoms with Crippen LogP contribution in [-0.2, 0) is 26.1 Å². The highest BCUT2D eigenvalue weighted by atomic mass is 32.2. The zero-order valence-electron chi connectivity index (χ0n) is 22.5. The van der Waals surface area contributed by atoms with Gasteiger partial charge in [0.1, 0.15) is 16.7 Å². The van der Waals surface area contributed by atoms with E-state index >= 15 is 0 Å². The van der Waals surface area contributed by atoms with Gasteiger partial charge in [-0.1, -0.05) is 41.6 Å². The number of aromatic nitrogens is 3. The van der Waals surface area contributed by atoms with Crippen molar-refractivity contribution in [3.05, 3.63) is 88.7 Å². The molecule has 1 aliphatic rings. The van der Waals surface area contributed by atoms with Gasteiger partial charge in [0.05, 0.1) is 30.8 Å². The van der Waals surface area contributed by atoms with Crippen molar-refractivity contribution in [2.45, 2.75) is 57.6 Å². The summed E-state index contributed by atoms with van der Waals surface area (Å²) in [6.07, 6.45) is 1.70. The van der Waals surface area contributed by atoms with Crippen LogP contribution in [0.5, 0.6) is 5.75 Å². The van der Waals surface area contributed by atoms with Gasteiger partial charge in [-0.05, 0) is 68.1 Å². The molecule has 2 atom stereocenters. The average Bonchev–Trinajstić information content (AvgIpc) is 3.24. The Morgan fingerprint density at radius 3 is 2.69 bits per heavy atom. The van der Waals surface area contributed by atoms with Crippen LogP contribution in [0.4, 0.5) is 0 Å². The summed E-state index contributed by atoms with van der Waals surface area (Å²) in [4.78, 5) is 12.8. The zero-order chi connectivity index (χ0) is 27.7. The van der Waals surface area contributed by atoms with Gasteiger partial charge in [-0.2, -0.15) is 4.31 Å². The molecule has 0 saturated carbocycles. The van der Waals surface area contributed by atoms with E-state index in [2.05, 4.69) is 10.3 Å². The molecule has 0 saturated heterocycles. The fourth-order valence-electron chi connectivity index (χ4n) is 5.01. The van der Waals surface area contributed by atoms with Crippen LogP contribution in [0, 0.1) is 13.8 Å². The molecule has 0 radical (unpaired) electrons. The lowest BCUT2D eigenvalue weighted by Crippen LogP contribution is -2.35. The summed E-state index contributed by atoms with van der Waals surface area (Å²) in [6, 6.07) is 16.6. The molecule has 204 valence electrons. The summed E-state index contributed by atoms with van der Waals surface area (Å²) in [5.41, 5.74) is 5.29. The fraction of sp³-hybridized carbons (Fsp3) is 0.345. The van der Waals surface area contributed by atoms with Gasteiger partial charge < -0.3 is 9.47 Å². The Labute approximate surface area is 228 Å². The summed E-state index contributed by atoms with van der Waals surface area (Å²) in [5, 5.41) is 8.34. The van der Waals surface area contributed by atoms with Crippen LogP contribution >= 0.6 is 0 Å². The Morgan fingerprint density at radius 2 is 1.90 bits per heavy atom. The summed E-state index contributed by atoms with van der Waals surface area (Å²) in [7, 11) is -3.79. The Kier molecular flexibility index (Phi) is 7.42. The van der Waals surface area contributed by atoms with Crippen molar-refractivity contribution in [3.63, 3.8) is 0 Å². The van der Waals surface area contributed by atoms with Crippen molar-refractivity contribution in [1.29, 1.82) is 0 Å². The van der Waals surface area contributed by atoms with Crippen LogP contribution in [0.3, 0.4) is 0 Å². The van der Waals surface area contributed by atoms with Crippen molar-refractivity contribution in [1.82, 2.24) is 19.1 Å². The molecule has 0 fully saturated rings. The molecule has 9 nitrogen and oxygen atoms in total. The molecule has 1 aliphatic heterocycles. The molecule has 0 aliphatic carbocycles. The SMILES string of the molecule is CCOC(=O)CC(c1ccc(C)c(CN2C[C@@H](C)Oc3ccccc3S2(=O)=O)c1)c1ccc2c(C)nnn2c1. The summed E-state index contributed by atoms with van der Waals surface area (Å²) < 4.78 is 41.7. The van der Waals surface area contributed by atoms with Crippen molar-refractivity contribution in [2.75, 3.05) is 13.2 Å². The Bertz CT molecular complexity index is 1630. The molecule has 39 heavy (non-hydrogen) atoms. The van der Waals surface area contributed by atoms with E-state index in [1.54, 1.807) is 35.7 Å². The zero-order valence-corrected chi connectivity index (χ0v) is 23.3. The van der Waals surface area contributed by atoms with E-state index in [0.717, 1.165) is 33.5 Å². The van der Waals surface area contributed by atoms with Crippen LogP contribution in [0.15, 0.2) is 65.7 Å². The molecule has 0 bridgehead atoms. The highest BCUT2D eigenvalue weighted by molar-refractivity contribution is 7.89. The number of hydrogen-bond acceptors (Lipinski definition) is 7. The van der Waals surface area contributed by atoms with Gasteiger partial charge in [-0.3, -0.25) is 4.79 Å². The van der Waals surface area contributed by atoms with Crippen molar-refractivity contribution in [2.24, 2.45) is 0 Å². The number of hydrogen-bond donors (Lipinski definition) is 0.